The highest BCUT2D eigenvalue weighted by Crippen LogP contribution is 2.28. The van der Waals surface area contributed by atoms with Crippen molar-refractivity contribution in [3.05, 3.63) is 29.8 Å². The summed E-state index contributed by atoms with van der Waals surface area (Å²) in [4.78, 5) is 0. The van der Waals surface area contributed by atoms with E-state index < -0.39 is 0 Å². The number of ether oxygens (including phenoxy) is 1. The molecule has 0 spiro atoms. The Kier molecular flexibility index (Phi) is 6.49. The van der Waals surface area contributed by atoms with Crippen LogP contribution in [0.15, 0.2) is 24.3 Å². The maximum atomic E-state index is 5.96. The van der Waals surface area contributed by atoms with Crippen LogP contribution in [0.25, 0.3) is 0 Å². The van der Waals surface area contributed by atoms with Gasteiger partial charge in [0.2, 0.25) is 0 Å². The molecule has 1 rings (SSSR count). The van der Waals surface area contributed by atoms with Gasteiger partial charge in [0.25, 0.3) is 0 Å². The molecule has 17 heavy (non-hydrogen) atoms. The number of benzene rings is 1. The normalized spacial score (nSPS) is 14.4. The van der Waals surface area contributed by atoms with Gasteiger partial charge in [-0.1, -0.05) is 39.0 Å². The summed E-state index contributed by atoms with van der Waals surface area (Å²) in [5.74, 6) is 3.04. The molecule has 0 fully saturated rings. The summed E-state index contributed by atoms with van der Waals surface area (Å²) in [7, 11) is 0. The van der Waals surface area contributed by atoms with Gasteiger partial charge in [0.05, 0.1) is 6.61 Å². The summed E-state index contributed by atoms with van der Waals surface area (Å²) in [5, 5.41) is 0. The predicted octanol–water partition coefficient (Wildman–Crippen LogP) is 4.53. The SMILES string of the molecule is CCC(CS)COc1ccccc1C(C)CC. The second-order valence-electron chi connectivity index (χ2n) is 4.61. The van der Waals surface area contributed by atoms with Crippen LogP contribution in [-0.4, -0.2) is 12.4 Å². The van der Waals surface area contributed by atoms with E-state index >= 15 is 0 Å². The van der Waals surface area contributed by atoms with E-state index in [4.69, 9.17) is 4.74 Å². The van der Waals surface area contributed by atoms with Crippen LogP contribution in [0.3, 0.4) is 0 Å². The van der Waals surface area contributed by atoms with Gasteiger partial charge in [0, 0.05) is 5.92 Å². The molecule has 1 nitrogen and oxygen atoms in total. The molecule has 0 heterocycles. The first-order valence-corrected chi connectivity index (χ1v) is 7.18. The fourth-order valence-corrected chi connectivity index (χ4v) is 2.11. The summed E-state index contributed by atoms with van der Waals surface area (Å²) >= 11 is 4.35. The van der Waals surface area contributed by atoms with E-state index in [1.165, 1.54) is 5.56 Å². The van der Waals surface area contributed by atoms with Gasteiger partial charge in [0.1, 0.15) is 5.75 Å². The molecular formula is C15H24OS. The van der Waals surface area contributed by atoms with Crippen molar-refractivity contribution in [2.45, 2.75) is 39.5 Å². The second kappa shape index (κ2) is 7.65. The average molecular weight is 252 g/mol. The van der Waals surface area contributed by atoms with Crippen molar-refractivity contribution < 1.29 is 4.74 Å². The lowest BCUT2D eigenvalue weighted by Gasteiger charge is -2.18. The number of thiol groups is 1. The van der Waals surface area contributed by atoms with E-state index in [1.54, 1.807) is 0 Å². The minimum atomic E-state index is 0.545. The van der Waals surface area contributed by atoms with Crippen molar-refractivity contribution in [1.82, 2.24) is 0 Å². The maximum Gasteiger partial charge on any atom is 0.122 e. The fraction of sp³-hybridized carbons (Fsp3) is 0.600. The quantitative estimate of drug-likeness (QED) is 0.701. The first-order valence-electron chi connectivity index (χ1n) is 6.55. The van der Waals surface area contributed by atoms with E-state index in [9.17, 15) is 0 Å². The van der Waals surface area contributed by atoms with Crippen LogP contribution in [0.4, 0.5) is 0 Å². The van der Waals surface area contributed by atoms with Crippen LogP contribution in [0.1, 0.15) is 45.1 Å². The Morgan fingerprint density at radius 3 is 2.47 bits per heavy atom. The van der Waals surface area contributed by atoms with Crippen LogP contribution < -0.4 is 4.74 Å². The van der Waals surface area contributed by atoms with Gasteiger partial charge < -0.3 is 4.74 Å². The molecule has 1 aromatic carbocycles. The largest absolute Gasteiger partial charge is 0.493 e. The standard InChI is InChI=1S/C15H24OS/c1-4-12(3)14-8-6-7-9-15(14)16-10-13(5-2)11-17/h6-9,12-13,17H,4-5,10-11H2,1-3H3. The Balaban J connectivity index is 2.70. The number of hydrogen-bond acceptors (Lipinski definition) is 2. The lowest BCUT2D eigenvalue weighted by Crippen LogP contribution is -2.13. The molecule has 0 saturated carbocycles. The third-order valence-corrected chi connectivity index (χ3v) is 3.89. The Morgan fingerprint density at radius 2 is 1.88 bits per heavy atom. The zero-order valence-electron chi connectivity index (χ0n) is 11.1. The van der Waals surface area contributed by atoms with Gasteiger partial charge >= 0.3 is 0 Å². The van der Waals surface area contributed by atoms with Crippen LogP contribution in [0.5, 0.6) is 5.75 Å². The van der Waals surface area contributed by atoms with E-state index in [1.807, 2.05) is 6.07 Å². The van der Waals surface area contributed by atoms with Gasteiger partial charge in [-0.25, -0.2) is 0 Å². The molecular weight excluding hydrogens is 228 g/mol. The van der Waals surface area contributed by atoms with Crippen molar-refractivity contribution >= 4 is 12.6 Å². The smallest absolute Gasteiger partial charge is 0.122 e. The van der Waals surface area contributed by atoms with Crippen molar-refractivity contribution in [3.8, 4) is 5.75 Å². The summed E-state index contributed by atoms with van der Waals surface area (Å²) in [6.45, 7) is 7.42. The maximum absolute atomic E-state index is 5.96. The summed E-state index contributed by atoms with van der Waals surface area (Å²) in [6, 6.07) is 8.38. The number of hydrogen-bond donors (Lipinski definition) is 1. The first-order chi connectivity index (χ1) is 8.22. The molecule has 2 atom stereocenters. The van der Waals surface area contributed by atoms with Gasteiger partial charge in [-0.2, -0.15) is 12.6 Å². The third-order valence-electron chi connectivity index (χ3n) is 3.37. The van der Waals surface area contributed by atoms with Crippen molar-refractivity contribution in [3.63, 3.8) is 0 Å². The van der Waals surface area contributed by atoms with Crippen molar-refractivity contribution in [2.24, 2.45) is 5.92 Å². The minimum Gasteiger partial charge on any atom is -0.493 e. The van der Waals surface area contributed by atoms with Gasteiger partial charge in [-0.15, -0.1) is 0 Å². The van der Waals surface area contributed by atoms with Crippen molar-refractivity contribution in [1.29, 1.82) is 0 Å². The Bertz CT molecular complexity index is 320. The van der Waals surface area contributed by atoms with Gasteiger partial charge in [0.15, 0.2) is 0 Å². The van der Waals surface area contributed by atoms with E-state index in [0.29, 0.717) is 11.8 Å². The molecule has 2 heteroatoms. The first kappa shape index (κ1) is 14.4. The summed E-state index contributed by atoms with van der Waals surface area (Å²) in [6.07, 6.45) is 2.26. The molecule has 0 amide bonds. The van der Waals surface area contributed by atoms with Gasteiger partial charge in [-0.05, 0) is 36.1 Å². The van der Waals surface area contributed by atoms with Crippen LogP contribution in [-0.2, 0) is 0 Å². The van der Waals surface area contributed by atoms with Crippen molar-refractivity contribution in [2.75, 3.05) is 12.4 Å². The molecule has 0 bridgehead atoms. The van der Waals surface area contributed by atoms with Crippen LogP contribution in [0.2, 0.25) is 0 Å². The molecule has 0 aliphatic carbocycles. The highest BCUT2D eigenvalue weighted by molar-refractivity contribution is 7.80. The number of rotatable bonds is 7. The summed E-state index contributed by atoms with van der Waals surface area (Å²) < 4.78 is 5.96. The predicted molar refractivity (Wildman–Crippen MR) is 78.3 cm³/mol. The Hall–Kier alpha value is -0.630. The zero-order chi connectivity index (χ0) is 12.7. The highest BCUT2D eigenvalue weighted by Gasteiger charge is 2.11. The van der Waals surface area contributed by atoms with E-state index in [-0.39, 0.29) is 0 Å². The topological polar surface area (TPSA) is 9.23 Å². The monoisotopic (exact) mass is 252 g/mol. The second-order valence-corrected chi connectivity index (χ2v) is 4.98. The van der Waals surface area contributed by atoms with Gasteiger partial charge in [-0.3, -0.25) is 0 Å². The van der Waals surface area contributed by atoms with Crippen LogP contribution in [0, 0.1) is 5.92 Å². The summed E-state index contributed by atoms with van der Waals surface area (Å²) in [5.41, 5.74) is 1.32. The molecule has 96 valence electrons. The molecule has 0 aliphatic heterocycles. The molecule has 0 saturated heterocycles. The van der Waals surface area contributed by atoms with Crippen LogP contribution >= 0.6 is 12.6 Å². The van der Waals surface area contributed by atoms with E-state index in [2.05, 4.69) is 51.6 Å². The zero-order valence-corrected chi connectivity index (χ0v) is 12.0. The molecule has 2 unspecified atom stereocenters. The lowest BCUT2D eigenvalue weighted by atomic mass is 9.98. The molecule has 0 aliphatic rings. The minimum absolute atomic E-state index is 0.545. The van der Waals surface area contributed by atoms with E-state index in [0.717, 1.165) is 31.0 Å². The lowest BCUT2D eigenvalue weighted by molar-refractivity contribution is 0.256. The molecule has 0 N–H and O–H groups in total. The number of para-hydroxylation sites is 1. The highest BCUT2D eigenvalue weighted by atomic mass is 32.1. The fourth-order valence-electron chi connectivity index (χ4n) is 1.75. The third kappa shape index (κ3) is 4.27. The molecule has 0 radical (unpaired) electrons. The molecule has 0 aromatic heterocycles. The Morgan fingerprint density at radius 1 is 1.18 bits per heavy atom. The average Bonchev–Trinajstić information content (AvgIpc) is 2.39. The Labute approximate surface area is 111 Å². The molecule has 1 aromatic rings.